The van der Waals surface area contributed by atoms with E-state index in [1.54, 1.807) is 24.3 Å². The Morgan fingerprint density at radius 3 is 2.39 bits per heavy atom. The number of benzene rings is 2. The number of anilines is 1. The molecule has 2 amide bonds. The van der Waals surface area contributed by atoms with Gasteiger partial charge in [0.15, 0.2) is 0 Å². The lowest BCUT2D eigenvalue weighted by Crippen LogP contribution is -2.65. The minimum absolute atomic E-state index is 0.0788. The summed E-state index contributed by atoms with van der Waals surface area (Å²) in [6.45, 7) is 0. The molecule has 28 heavy (non-hydrogen) atoms. The molecule has 2 fully saturated rings. The van der Waals surface area contributed by atoms with Crippen LogP contribution in [-0.4, -0.2) is 29.9 Å². The smallest absolute Gasteiger partial charge is 0.237 e. The Bertz CT molecular complexity index is 823. The predicted molar refractivity (Wildman–Crippen MR) is 107 cm³/mol. The van der Waals surface area contributed by atoms with Crippen molar-refractivity contribution >= 4 is 17.5 Å². The van der Waals surface area contributed by atoms with Crippen molar-refractivity contribution in [2.24, 2.45) is 0 Å². The van der Waals surface area contributed by atoms with Gasteiger partial charge >= 0.3 is 0 Å². The Kier molecular flexibility index (Phi) is 5.58. The molecule has 0 radical (unpaired) electrons. The predicted octanol–water partition coefficient (Wildman–Crippen LogP) is 3.21. The molecule has 3 N–H and O–H groups in total. The minimum atomic E-state index is -0.472. The zero-order valence-electron chi connectivity index (χ0n) is 15.7. The van der Waals surface area contributed by atoms with Crippen LogP contribution in [0, 0.1) is 0 Å². The Labute approximate surface area is 164 Å². The van der Waals surface area contributed by atoms with E-state index in [1.165, 1.54) is 6.42 Å². The number of ether oxygens (including phenoxy) is 1. The number of piperazine rings is 1. The largest absolute Gasteiger partial charge is 0.457 e. The van der Waals surface area contributed by atoms with Crippen LogP contribution < -0.4 is 20.7 Å². The van der Waals surface area contributed by atoms with Gasteiger partial charge in [0.1, 0.15) is 11.5 Å². The summed E-state index contributed by atoms with van der Waals surface area (Å²) in [6.07, 6.45) is 4.50. The molecule has 0 spiro atoms. The Morgan fingerprint density at radius 1 is 0.964 bits per heavy atom. The van der Waals surface area contributed by atoms with E-state index in [4.69, 9.17) is 4.74 Å². The lowest BCUT2D eigenvalue weighted by Gasteiger charge is -2.40. The fourth-order valence-corrected chi connectivity index (χ4v) is 3.90. The number of fused-ring (bicyclic) bond motifs is 1. The van der Waals surface area contributed by atoms with Crippen LogP contribution in [0.1, 0.15) is 32.1 Å². The van der Waals surface area contributed by atoms with Crippen LogP contribution in [0.2, 0.25) is 0 Å². The molecular formula is C22H25N3O3. The lowest BCUT2D eigenvalue weighted by atomic mass is 9.87. The van der Waals surface area contributed by atoms with Crippen molar-refractivity contribution in [3.05, 3.63) is 54.6 Å². The molecule has 1 saturated heterocycles. The van der Waals surface area contributed by atoms with Crippen molar-refractivity contribution in [3.8, 4) is 11.5 Å². The second-order valence-corrected chi connectivity index (χ2v) is 7.42. The average Bonchev–Trinajstić information content (AvgIpc) is 2.71. The zero-order chi connectivity index (χ0) is 19.3. The summed E-state index contributed by atoms with van der Waals surface area (Å²) in [5.74, 6) is 1.19. The molecule has 3 atom stereocenters. The summed E-state index contributed by atoms with van der Waals surface area (Å²) >= 11 is 0. The normalized spacial score (nSPS) is 24.0. The molecule has 6 nitrogen and oxygen atoms in total. The molecule has 1 saturated carbocycles. The van der Waals surface area contributed by atoms with Crippen molar-refractivity contribution in [2.75, 3.05) is 5.32 Å². The topological polar surface area (TPSA) is 79.5 Å². The van der Waals surface area contributed by atoms with Gasteiger partial charge in [-0.05, 0) is 49.2 Å². The highest BCUT2D eigenvalue weighted by molar-refractivity contribution is 5.95. The summed E-state index contributed by atoms with van der Waals surface area (Å²) in [5.41, 5.74) is 0.678. The number of nitrogens with one attached hydrogen (secondary N) is 3. The molecule has 0 unspecified atom stereocenters. The van der Waals surface area contributed by atoms with Crippen LogP contribution in [0.5, 0.6) is 11.5 Å². The monoisotopic (exact) mass is 379 g/mol. The number of carbonyl (C=O) groups is 2. The van der Waals surface area contributed by atoms with Crippen LogP contribution in [0.15, 0.2) is 54.6 Å². The van der Waals surface area contributed by atoms with Gasteiger partial charge in [-0.2, -0.15) is 0 Å². The summed E-state index contributed by atoms with van der Waals surface area (Å²) in [5, 5.41) is 9.29. The van der Waals surface area contributed by atoms with Gasteiger partial charge in [-0.25, -0.2) is 0 Å². The second-order valence-electron chi connectivity index (χ2n) is 7.42. The third kappa shape index (κ3) is 4.51. The van der Waals surface area contributed by atoms with E-state index in [0.717, 1.165) is 25.0 Å². The highest BCUT2D eigenvalue weighted by Crippen LogP contribution is 2.24. The first kappa shape index (κ1) is 18.5. The molecule has 6 heteroatoms. The molecule has 4 rings (SSSR count). The van der Waals surface area contributed by atoms with Crippen molar-refractivity contribution in [1.29, 1.82) is 0 Å². The number of carbonyl (C=O) groups excluding carboxylic acids is 2. The number of rotatable bonds is 5. The van der Waals surface area contributed by atoms with Gasteiger partial charge in [0.05, 0.1) is 12.5 Å². The first-order valence-electron chi connectivity index (χ1n) is 9.86. The van der Waals surface area contributed by atoms with Crippen molar-refractivity contribution in [2.45, 2.75) is 50.2 Å². The van der Waals surface area contributed by atoms with E-state index >= 15 is 0 Å². The van der Waals surface area contributed by atoms with E-state index < -0.39 is 6.04 Å². The van der Waals surface area contributed by atoms with E-state index in [9.17, 15) is 9.59 Å². The fourth-order valence-electron chi connectivity index (χ4n) is 3.90. The summed E-state index contributed by atoms with van der Waals surface area (Å²) in [6, 6.07) is 16.7. The molecule has 1 aliphatic carbocycles. The first-order valence-corrected chi connectivity index (χ1v) is 9.86. The quantitative estimate of drug-likeness (QED) is 0.745. The Balaban J connectivity index is 1.30. The molecule has 2 aliphatic rings. The van der Waals surface area contributed by atoms with E-state index in [0.29, 0.717) is 11.4 Å². The van der Waals surface area contributed by atoms with E-state index in [1.807, 2.05) is 30.3 Å². The van der Waals surface area contributed by atoms with Crippen LogP contribution in [0.25, 0.3) is 0 Å². The van der Waals surface area contributed by atoms with Gasteiger partial charge in [-0.1, -0.05) is 31.0 Å². The number of hydrogen-bond donors (Lipinski definition) is 3. The Hall–Kier alpha value is -2.86. The summed E-state index contributed by atoms with van der Waals surface area (Å²) < 4.78 is 5.75. The van der Waals surface area contributed by atoms with Crippen LogP contribution in [0.4, 0.5) is 5.69 Å². The van der Waals surface area contributed by atoms with Gasteiger partial charge in [0, 0.05) is 17.8 Å². The van der Waals surface area contributed by atoms with Crippen LogP contribution in [-0.2, 0) is 9.59 Å². The number of para-hydroxylation sites is 1. The van der Waals surface area contributed by atoms with E-state index in [2.05, 4.69) is 16.0 Å². The zero-order valence-corrected chi connectivity index (χ0v) is 15.7. The summed E-state index contributed by atoms with van der Waals surface area (Å²) in [7, 11) is 0. The van der Waals surface area contributed by atoms with Crippen LogP contribution in [0.3, 0.4) is 0 Å². The van der Waals surface area contributed by atoms with Crippen molar-refractivity contribution in [1.82, 2.24) is 10.6 Å². The van der Waals surface area contributed by atoms with Gasteiger partial charge in [0.2, 0.25) is 11.8 Å². The van der Waals surface area contributed by atoms with Gasteiger partial charge in [-0.3, -0.25) is 9.59 Å². The lowest BCUT2D eigenvalue weighted by molar-refractivity contribution is -0.129. The third-order valence-electron chi connectivity index (χ3n) is 5.33. The maximum Gasteiger partial charge on any atom is 0.237 e. The molecule has 146 valence electrons. The molecule has 0 bridgehead atoms. The molecule has 2 aromatic rings. The minimum Gasteiger partial charge on any atom is -0.457 e. The van der Waals surface area contributed by atoms with Gasteiger partial charge in [0.25, 0.3) is 0 Å². The van der Waals surface area contributed by atoms with E-state index in [-0.39, 0.29) is 30.3 Å². The first-order chi connectivity index (χ1) is 13.7. The molecule has 1 heterocycles. The second kappa shape index (κ2) is 8.44. The van der Waals surface area contributed by atoms with Gasteiger partial charge < -0.3 is 20.7 Å². The molecule has 1 aliphatic heterocycles. The maximum atomic E-state index is 12.4. The Morgan fingerprint density at radius 2 is 1.64 bits per heavy atom. The van der Waals surface area contributed by atoms with Crippen molar-refractivity contribution in [3.63, 3.8) is 0 Å². The summed E-state index contributed by atoms with van der Waals surface area (Å²) in [4.78, 5) is 24.7. The van der Waals surface area contributed by atoms with Crippen molar-refractivity contribution < 1.29 is 14.3 Å². The molecule has 2 aromatic carbocycles. The SMILES string of the molecule is O=C(C[C@H]1N[C@H]2CCCC[C@H]2NC1=O)Nc1ccc(Oc2ccccc2)cc1. The number of amides is 2. The average molecular weight is 379 g/mol. The maximum absolute atomic E-state index is 12.4. The highest BCUT2D eigenvalue weighted by Gasteiger charge is 2.36. The van der Waals surface area contributed by atoms with Crippen LogP contribution >= 0.6 is 0 Å². The fraction of sp³-hybridized carbons (Fsp3) is 0.364. The highest BCUT2D eigenvalue weighted by atomic mass is 16.5. The third-order valence-corrected chi connectivity index (χ3v) is 5.33. The standard InChI is InChI=1S/C22H25N3O3/c26-21(14-20-22(27)25-19-9-5-4-8-18(19)24-20)23-15-10-12-17(13-11-15)28-16-6-2-1-3-7-16/h1-3,6-7,10-13,18-20,24H,4-5,8-9,14H2,(H,23,26)(H,25,27)/t18-,19+,20+/m0/s1. The molecule has 0 aromatic heterocycles. The number of hydrogen-bond acceptors (Lipinski definition) is 4. The molecular weight excluding hydrogens is 354 g/mol. The van der Waals surface area contributed by atoms with Gasteiger partial charge in [-0.15, -0.1) is 0 Å².